The first kappa shape index (κ1) is 25.2. The molecule has 2 heterocycles. The molecule has 24 heavy (non-hydrogen) atoms. The van der Waals surface area contributed by atoms with E-state index < -0.39 is 46.9 Å². The SMILES string of the molecule is O=C([O-])c1ccc(C(=O)[O-])o1.O=C([O-])c1ccc(C(=O)[O-])o1.[Ca+2].[Ca+2]. The van der Waals surface area contributed by atoms with Gasteiger partial charge in [0.1, 0.15) is 46.9 Å². The predicted octanol–water partition coefficient (Wildman–Crippen LogP) is -4.75. The van der Waals surface area contributed by atoms with Crippen LogP contribution in [0.5, 0.6) is 0 Å². The van der Waals surface area contributed by atoms with Gasteiger partial charge in [0, 0.05) is 0 Å². The Morgan fingerprint density at radius 1 is 0.542 bits per heavy atom. The van der Waals surface area contributed by atoms with E-state index in [9.17, 15) is 39.6 Å². The summed E-state index contributed by atoms with van der Waals surface area (Å²) in [6.07, 6.45) is 0. The van der Waals surface area contributed by atoms with Gasteiger partial charge in [-0.15, -0.1) is 0 Å². The molecule has 0 saturated heterocycles. The molecule has 116 valence electrons. The smallest absolute Gasteiger partial charge is 0.542 e. The van der Waals surface area contributed by atoms with Gasteiger partial charge in [0.2, 0.25) is 0 Å². The average molecular weight is 388 g/mol. The van der Waals surface area contributed by atoms with Gasteiger partial charge in [-0.2, -0.15) is 0 Å². The van der Waals surface area contributed by atoms with Gasteiger partial charge >= 0.3 is 75.5 Å². The Labute approximate surface area is 193 Å². The van der Waals surface area contributed by atoms with E-state index in [1.165, 1.54) is 0 Å². The van der Waals surface area contributed by atoms with Gasteiger partial charge in [-0.05, 0) is 24.3 Å². The molecule has 0 unspecified atom stereocenters. The zero-order valence-electron chi connectivity index (χ0n) is 11.8. The summed E-state index contributed by atoms with van der Waals surface area (Å²) in [6, 6.07) is 3.95. The molecule has 2 aromatic heterocycles. The van der Waals surface area contributed by atoms with Crippen molar-refractivity contribution in [3.8, 4) is 0 Å². The molecule has 0 N–H and O–H groups in total. The number of carboxylic acids is 4. The summed E-state index contributed by atoms with van der Waals surface area (Å²) in [5.41, 5.74) is 0. The van der Waals surface area contributed by atoms with Crippen LogP contribution in [0.15, 0.2) is 33.1 Å². The summed E-state index contributed by atoms with van der Waals surface area (Å²) in [4.78, 5) is 40.1. The molecule has 0 spiro atoms. The first-order valence-corrected chi connectivity index (χ1v) is 5.27. The van der Waals surface area contributed by atoms with Gasteiger partial charge < -0.3 is 48.4 Å². The number of furan rings is 2. The van der Waals surface area contributed by atoms with E-state index in [2.05, 4.69) is 8.83 Å². The Kier molecular flexibility index (Phi) is 12.1. The van der Waals surface area contributed by atoms with E-state index in [1.54, 1.807) is 0 Å². The van der Waals surface area contributed by atoms with Gasteiger partial charge in [-0.3, -0.25) is 0 Å². The fraction of sp³-hybridized carbons (Fsp3) is 0. The van der Waals surface area contributed by atoms with Crippen LogP contribution in [0.2, 0.25) is 0 Å². The maximum absolute atomic E-state index is 10.0. The van der Waals surface area contributed by atoms with Crippen molar-refractivity contribution in [2.75, 3.05) is 0 Å². The number of aromatic carboxylic acids is 4. The maximum Gasteiger partial charge on any atom is 2.00 e. The largest absolute Gasteiger partial charge is 2.00 e. The van der Waals surface area contributed by atoms with Crippen molar-refractivity contribution in [2.24, 2.45) is 0 Å². The third kappa shape index (κ3) is 7.69. The van der Waals surface area contributed by atoms with Crippen LogP contribution in [-0.4, -0.2) is 99.4 Å². The molecule has 12 heteroatoms. The number of carbonyl (C=O) groups is 4. The van der Waals surface area contributed by atoms with E-state index in [1.807, 2.05) is 0 Å². The quantitative estimate of drug-likeness (QED) is 0.460. The number of hydrogen-bond donors (Lipinski definition) is 0. The predicted molar refractivity (Wildman–Crippen MR) is 66.2 cm³/mol. The summed E-state index contributed by atoms with van der Waals surface area (Å²) >= 11 is 0. The minimum Gasteiger partial charge on any atom is -0.542 e. The van der Waals surface area contributed by atoms with E-state index >= 15 is 0 Å². The second-order valence-electron chi connectivity index (χ2n) is 3.48. The van der Waals surface area contributed by atoms with Gasteiger partial charge in [0.25, 0.3) is 0 Å². The maximum atomic E-state index is 10.0. The number of rotatable bonds is 4. The molecule has 0 amide bonds. The molecule has 0 saturated carbocycles. The molecule has 0 atom stereocenters. The standard InChI is InChI=1S/2C6H4O5.2Ca/c2*7-5(8)3-1-2-4(11-3)6(9)10;;/h2*1-2H,(H,7,8)(H,9,10);;/q;;2*+2/p-4. The molecule has 0 aliphatic heterocycles. The summed E-state index contributed by atoms with van der Waals surface area (Å²) < 4.78 is 8.56. The minimum absolute atomic E-state index is 0. The number of hydrogen-bond acceptors (Lipinski definition) is 10. The Balaban J connectivity index is 0. The van der Waals surface area contributed by atoms with Gasteiger partial charge in [0.05, 0.1) is 0 Å². The molecule has 2 rings (SSSR count). The van der Waals surface area contributed by atoms with E-state index in [4.69, 9.17) is 0 Å². The monoisotopic (exact) mass is 388 g/mol. The second kappa shape index (κ2) is 11.5. The molecule has 2 aromatic rings. The van der Waals surface area contributed by atoms with Crippen molar-refractivity contribution in [2.45, 2.75) is 0 Å². The molecular weight excluding hydrogens is 384 g/mol. The van der Waals surface area contributed by atoms with Crippen molar-refractivity contribution < 1.29 is 48.4 Å². The summed E-state index contributed by atoms with van der Waals surface area (Å²) in [7, 11) is 0. The average Bonchev–Trinajstić information content (AvgIpc) is 3.09. The third-order valence-corrected chi connectivity index (χ3v) is 2.02. The zero-order chi connectivity index (χ0) is 16.9. The van der Waals surface area contributed by atoms with Gasteiger partial charge in [-0.25, -0.2) is 0 Å². The number of carbonyl (C=O) groups excluding carboxylic acids is 4. The summed E-state index contributed by atoms with van der Waals surface area (Å²) in [5.74, 6) is -8.33. The topological polar surface area (TPSA) is 187 Å². The molecule has 0 bridgehead atoms. The van der Waals surface area contributed by atoms with Crippen LogP contribution in [0.1, 0.15) is 42.2 Å². The van der Waals surface area contributed by atoms with Crippen LogP contribution in [-0.2, 0) is 0 Å². The molecule has 0 radical (unpaired) electrons. The molecular formula is C12H4Ca2O10. The minimum atomic E-state index is -1.56. The Bertz CT molecular complexity index is 611. The fourth-order valence-corrected chi connectivity index (χ4v) is 1.11. The van der Waals surface area contributed by atoms with Crippen LogP contribution in [0.3, 0.4) is 0 Å². The normalized spacial score (nSPS) is 8.67. The Morgan fingerprint density at radius 2 is 0.708 bits per heavy atom. The van der Waals surface area contributed by atoms with E-state index in [0.717, 1.165) is 24.3 Å². The van der Waals surface area contributed by atoms with Crippen LogP contribution < -0.4 is 20.4 Å². The fourth-order valence-electron chi connectivity index (χ4n) is 1.11. The second-order valence-corrected chi connectivity index (χ2v) is 3.48. The molecule has 0 aliphatic carbocycles. The van der Waals surface area contributed by atoms with Gasteiger partial charge in [-0.1, -0.05) is 0 Å². The summed E-state index contributed by atoms with van der Waals surface area (Å²) in [6.45, 7) is 0. The molecule has 0 fully saturated rings. The molecule has 0 aliphatic rings. The van der Waals surface area contributed by atoms with Crippen LogP contribution >= 0.6 is 0 Å². The summed E-state index contributed by atoms with van der Waals surface area (Å²) in [5, 5.41) is 40.1. The van der Waals surface area contributed by atoms with Crippen molar-refractivity contribution >= 4 is 99.4 Å². The molecule has 10 nitrogen and oxygen atoms in total. The van der Waals surface area contributed by atoms with Crippen LogP contribution in [0, 0.1) is 0 Å². The van der Waals surface area contributed by atoms with Crippen molar-refractivity contribution in [1.82, 2.24) is 0 Å². The number of carboxylic acid groups (broad SMARTS) is 4. The van der Waals surface area contributed by atoms with Crippen molar-refractivity contribution in [1.29, 1.82) is 0 Å². The Morgan fingerprint density at radius 3 is 0.792 bits per heavy atom. The van der Waals surface area contributed by atoms with Gasteiger partial charge in [0.15, 0.2) is 0 Å². The third-order valence-electron chi connectivity index (χ3n) is 2.02. The van der Waals surface area contributed by atoms with Crippen molar-refractivity contribution in [3.63, 3.8) is 0 Å². The first-order chi connectivity index (χ1) is 10.2. The van der Waals surface area contributed by atoms with Crippen LogP contribution in [0.25, 0.3) is 0 Å². The first-order valence-electron chi connectivity index (χ1n) is 5.27. The zero-order valence-corrected chi connectivity index (χ0v) is 16.2. The molecule has 0 aromatic carbocycles. The van der Waals surface area contributed by atoms with Crippen molar-refractivity contribution in [3.05, 3.63) is 47.3 Å². The van der Waals surface area contributed by atoms with E-state index in [0.29, 0.717) is 0 Å². The van der Waals surface area contributed by atoms with Crippen LogP contribution in [0.4, 0.5) is 0 Å². The van der Waals surface area contributed by atoms with E-state index in [-0.39, 0.29) is 75.5 Å². The Hall–Kier alpha value is -1.04.